The molecule has 7 rings (SSSR count). The van der Waals surface area contributed by atoms with Crippen molar-refractivity contribution in [2.45, 2.75) is 36.6 Å². The fraction of sp³-hybridized carbons (Fsp3) is 0.200. The number of hydrogen-bond acceptors (Lipinski definition) is 7. The lowest BCUT2D eigenvalue weighted by molar-refractivity contribution is -0.115. The number of ether oxygens (including phenoxy) is 2. The van der Waals surface area contributed by atoms with Crippen LogP contribution in [0.4, 0.5) is 5.69 Å². The maximum absolute atomic E-state index is 13.3. The normalized spacial score (nSPS) is 13.3. The number of carbonyl (C=O) groups excluding carboxylic acids is 1. The number of thioether (sulfide) groups is 1. The molecule has 3 aromatic heterocycles. The van der Waals surface area contributed by atoms with Gasteiger partial charge >= 0.3 is 0 Å². The molecular formula is C30H26N6O3S. The van der Waals surface area contributed by atoms with Crippen LogP contribution in [0.2, 0.25) is 0 Å². The first-order valence-electron chi connectivity index (χ1n) is 13.2. The third-order valence-corrected chi connectivity index (χ3v) is 8.34. The Morgan fingerprint density at radius 1 is 1.02 bits per heavy atom. The van der Waals surface area contributed by atoms with Crippen molar-refractivity contribution in [1.82, 2.24) is 24.6 Å². The second kappa shape index (κ2) is 10.2. The van der Waals surface area contributed by atoms with E-state index >= 15 is 0 Å². The SMILES string of the molecule is CC[C@H](Sc1nc2ccccc2c2nc(CCc3c[nH]c4ccccc34)nn12)C(=O)Nc1ccc2c(c1)OCO2. The molecule has 1 atom stereocenters. The molecule has 1 aliphatic heterocycles. The van der Waals surface area contributed by atoms with Gasteiger partial charge in [-0.05, 0) is 48.7 Å². The van der Waals surface area contributed by atoms with Crippen LogP contribution in [0.25, 0.3) is 27.5 Å². The van der Waals surface area contributed by atoms with Crippen LogP contribution in [0.1, 0.15) is 24.7 Å². The lowest BCUT2D eigenvalue weighted by Gasteiger charge is -2.15. The zero-order valence-electron chi connectivity index (χ0n) is 21.8. The van der Waals surface area contributed by atoms with E-state index in [4.69, 9.17) is 24.5 Å². The first-order valence-corrected chi connectivity index (χ1v) is 14.1. The number of rotatable bonds is 8. The third kappa shape index (κ3) is 4.50. The number of nitrogens with zero attached hydrogens (tertiary/aromatic N) is 4. The van der Waals surface area contributed by atoms with Gasteiger partial charge in [0.2, 0.25) is 12.7 Å². The number of benzene rings is 3. The summed E-state index contributed by atoms with van der Waals surface area (Å²) >= 11 is 1.39. The summed E-state index contributed by atoms with van der Waals surface area (Å²) < 4.78 is 12.6. The summed E-state index contributed by atoms with van der Waals surface area (Å²) in [5.74, 6) is 1.92. The summed E-state index contributed by atoms with van der Waals surface area (Å²) in [6.45, 7) is 2.18. The molecule has 0 bridgehead atoms. The van der Waals surface area contributed by atoms with Gasteiger partial charge in [-0.1, -0.05) is 49.0 Å². The summed E-state index contributed by atoms with van der Waals surface area (Å²) in [6.07, 6.45) is 4.16. The molecule has 200 valence electrons. The van der Waals surface area contributed by atoms with Crippen LogP contribution in [0.5, 0.6) is 11.5 Å². The lowest BCUT2D eigenvalue weighted by Crippen LogP contribution is -2.25. The van der Waals surface area contributed by atoms with E-state index in [1.165, 1.54) is 22.7 Å². The molecule has 0 saturated carbocycles. The van der Waals surface area contributed by atoms with E-state index < -0.39 is 0 Å². The number of anilines is 1. The molecule has 0 unspecified atom stereocenters. The highest BCUT2D eigenvalue weighted by molar-refractivity contribution is 8.00. The Labute approximate surface area is 233 Å². The Hall–Kier alpha value is -4.57. The fourth-order valence-electron chi connectivity index (χ4n) is 4.99. The Morgan fingerprint density at radius 3 is 2.75 bits per heavy atom. The van der Waals surface area contributed by atoms with Gasteiger partial charge in [-0.3, -0.25) is 4.79 Å². The molecule has 40 heavy (non-hydrogen) atoms. The molecular weight excluding hydrogens is 524 g/mol. The van der Waals surface area contributed by atoms with Crippen molar-refractivity contribution < 1.29 is 14.3 Å². The Morgan fingerprint density at radius 2 is 1.85 bits per heavy atom. The zero-order chi connectivity index (χ0) is 27.1. The molecule has 6 aromatic rings. The minimum Gasteiger partial charge on any atom is -0.454 e. The minimum atomic E-state index is -0.388. The van der Waals surface area contributed by atoms with Crippen molar-refractivity contribution in [3.05, 3.63) is 84.3 Å². The van der Waals surface area contributed by atoms with Crippen molar-refractivity contribution >= 4 is 50.8 Å². The van der Waals surface area contributed by atoms with Crippen LogP contribution in [-0.2, 0) is 17.6 Å². The summed E-state index contributed by atoms with van der Waals surface area (Å²) in [4.78, 5) is 26.5. The molecule has 0 fully saturated rings. The molecule has 0 spiro atoms. The number of hydrogen-bond donors (Lipinski definition) is 2. The number of aromatic nitrogens is 5. The first kappa shape index (κ1) is 24.5. The second-order valence-corrected chi connectivity index (χ2v) is 10.8. The van der Waals surface area contributed by atoms with Crippen molar-refractivity contribution in [1.29, 1.82) is 0 Å². The number of amides is 1. The molecule has 4 heterocycles. The van der Waals surface area contributed by atoms with Gasteiger partial charge in [-0.2, -0.15) is 4.52 Å². The highest BCUT2D eigenvalue weighted by Gasteiger charge is 2.23. The predicted molar refractivity (Wildman–Crippen MR) is 155 cm³/mol. The van der Waals surface area contributed by atoms with E-state index in [1.807, 2.05) is 43.3 Å². The van der Waals surface area contributed by atoms with Crippen molar-refractivity contribution in [3.8, 4) is 11.5 Å². The zero-order valence-corrected chi connectivity index (χ0v) is 22.6. The van der Waals surface area contributed by atoms with Gasteiger partial charge in [-0.15, -0.1) is 5.10 Å². The van der Waals surface area contributed by atoms with Crippen molar-refractivity contribution in [2.24, 2.45) is 0 Å². The number of para-hydroxylation sites is 2. The fourth-order valence-corrected chi connectivity index (χ4v) is 5.95. The highest BCUT2D eigenvalue weighted by Crippen LogP contribution is 2.35. The number of carbonyl (C=O) groups is 1. The molecule has 0 aliphatic carbocycles. The minimum absolute atomic E-state index is 0.117. The summed E-state index contributed by atoms with van der Waals surface area (Å²) in [6, 6.07) is 21.6. The van der Waals surface area contributed by atoms with Gasteiger partial charge in [0, 0.05) is 40.7 Å². The number of nitrogens with one attached hydrogen (secondary N) is 2. The largest absolute Gasteiger partial charge is 0.454 e. The molecule has 1 aliphatic rings. The molecule has 0 radical (unpaired) electrons. The lowest BCUT2D eigenvalue weighted by atomic mass is 10.1. The number of aryl methyl sites for hydroxylation is 2. The topological polar surface area (TPSA) is 106 Å². The van der Waals surface area contributed by atoms with Crippen LogP contribution in [0, 0.1) is 0 Å². The van der Waals surface area contributed by atoms with Gasteiger partial charge in [0.15, 0.2) is 28.1 Å². The smallest absolute Gasteiger partial charge is 0.237 e. The average Bonchev–Trinajstić information content (AvgIpc) is 3.73. The van der Waals surface area contributed by atoms with E-state index in [0.717, 1.165) is 34.3 Å². The number of fused-ring (bicyclic) bond motifs is 5. The standard InChI is InChI=1S/C30H26N6O3S/c1-2-26(29(37)32-19-12-13-24-25(15-19)39-17-38-24)40-30-33-23-10-6-4-8-21(23)28-34-27(35-36(28)30)14-11-18-16-31-22-9-5-3-7-20(18)22/h3-10,12-13,15-16,26,31H,2,11,14,17H2,1H3,(H,32,37)/t26-/m0/s1. The summed E-state index contributed by atoms with van der Waals surface area (Å²) in [5.41, 5.74) is 4.58. The molecule has 9 nitrogen and oxygen atoms in total. The Balaban J connectivity index is 1.17. The molecule has 10 heteroatoms. The van der Waals surface area contributed by atoms with E-state index in [9.17, 15) is 4.79 Å². The average molecular weight is 551 g/mol. The summed E-state index contributed by atoms with van der Waals surface area (Å²) in [5, 5.41) is 10.3. The number of aromatic amines is 1. The van der Waals surface area contributed by atoms with Crippen LogP contribution >= 0.6 is 11.8 Å². The Kier molecular flexibility index (Phi) is 6.24. The molecule has 2 N–H and O–H groups in total. The molecule has 1 amide bonds. The maximum atomic E-state index is 13.3. The van der Waals surface area contributed by atoms with E-state index in [0.29, 0.717) is 35.2 Å². The second-order valence-electron chi connectivity index (χ2n) is 9.61. The van der Waals surface area contributed by atoms with Gasteiger partial charge < -0.3 is 19.8 Å². The van der Waals surface area contributed by atoms with Crippen LogP contribution in [-0.4, -0.2) is 42.5 Å². The van der Waals surface area contributed by atoms with Crippen LogP contribution in [0.15, 0.2) is 78.1 Å². The Bertz CT molecular complexity index is 1880. The van der Waals surface area contributed by atoms with E-state index in [-0.39, 0.29) is 18.0 Å². The van der Waals surface area contributed by atoms with Crippen LogP contribution in [0.3, 0.4) is 0 Å². The first-order chi connectivity index (χ1) is 19.7. The van der Waals surface area contributed by atoms with Crippen molar-refractivity contribution in [2.75, 3.05) is 12.1 Å². The van der Waals surface area contributed by atoms with Crippen LogP contribution < -0.4 is 14.8 Å². The van der Waals surface area contributed by atoms with Gasteiger partial charge in [0.05, 0.1) is 10.8 Å². The van der Waals surface area contributed by atoms with Crippen molar-refractivity contribution in [3.63, 3.8) is 0 Å². The quantitative estimate of drug-likeness (QED) is 0.183. The van der Waals surface area contributed by atoms with E-state index in [2.05, 4.69) is 34.7 Å². The molecule has 3 aromatic carbocycles. The van der Waals surface area contributed by atoms with E-state index in [1.54, 1.807) is 16.6 Å². The highest BCUT2D eigenvalue weighted by atomic mass is 32.2. The van der Waals surface area contributed by atoms with Gasteiger partial charge in [-0.25, -0.2) is 9.97 Å². The van der Waals surface area contributed by atoms with Gasteiger partial charge in [0.1, 0.15) is 0 Å². The number of H-pyrrole nitrogens is 1. The van der Waals surface area contributed by atoms with Gasteiger partial charge in [0.25, 0.3) is 0 Å². The predicted octanol–water partition coefficient (Wildman–Crippen LogP) is 5.78. The monoisotopic (exact) mass is 550 g/mol. The molecule has 0 saturated heterocycles. The summed E-state index contributed by atoms with van der Waals surface area (Å²) in [7, 11) is 0. The third-order valence-electron chi connectivity index (χ3n) is 7.04. The maximum Gasteiger partial charge on any atom is 0.237 e.